The normalized spacial score (nSPS) is 18.0. The molecule has 0 spiro atoms. The van der Waals surface area contributed by atoms with E-state index in [0.717, 1.165) is 0 Å². The Hall–Kier alpha value is -0.120. The number of hydrogen-bond acceptors (Lipinski definition) is 3. The molecule has 0 saturated carbocycles. The van der Waals surface area contributed by atoms with E-state index in [9.17, 15) is 5.11 Å². The molecule has 0 aliphatic heterocycles. The summed E-state index contributed by atoms with van der Waals surface area (Å²) in [7, 11) is 1.55. The van der Waals surface area contributed by atoms with Gasteiger partial charge in [0.1, 0.15) is 0 Å². The van der Waals surface area contributed by atoms with Crippen LogP contribution in [0.3, 0.4) is 0 Å². The van der Waals surface area contributed by atoms with Gasteiger partial charge in [0.05, 0.1) is 17.8 Å². The molecule has 3 nitrogen and oxygen atoms in total. The minimum Gasteiger partial charge on any atom is -0.393 e. The molecule has 0 aromatic rings. The van der Waals surface area contributed by atoms with Crippen LogP contribution in [0.5, 0.6) is 0 Å². The molecule has 2 atom stereocenters. The van der Waals surface area contributed by atoms with Gasteiger partial charge in [-0.2, -0.15) is 0 Å². The molecule has 3 heteroatoms. The lowest BCUT2D eigenvalue weighted by molar-refractivity contribution is -0.0908. The van der Waals surface area contributed by atoms with Gasteiger partial charge in [-0.25, -0.2) is 0 Å². The molecular weight excluding hydrogens is 144 g/mol. The summed E-state index contributed by atoms with van der Waals surface area (Å²) >= 11 is 0. The van der Waals surface area contributed by atoms with Gasteiger partial charge in [0, 0.05) is 13.5 Å². The Labute approximate surface area is 68.0 Å². The van der Waals surface area contributed by atoms with E-state index in [1.165, 1.54) is 0 Å². The van der Waals surface area contributed by atoms with Crippen molar-refractivity contribution in [2.24, 2.45) is 0 Å². The molecule has 2 unspecified atom stereocenters. The Morgan fingerprint density at radius 2 is 1.82 bits per heavy atom. The average molecular weight is 162 g/mol. The maximum atomic E-state index is 9.46. The highest BCUT2D eigenvalue weighted by Gasteiger charge is 2.27. The molecule has 0 radical (unpaired) electrons. The highest BCUT2D eigenvalue weighted by Crippen LogP contribution is 2.17. The lowest BCUT2D eigenvalue weighted by atomic mass is 9.97. The van der Waals surface area contributed by atoms with Crippen molar-refractivity contribution in [1.29, 1.82) is 0 Å². The van der Waals surface area contributed by atoms with Crippen LogP contribution in [-0.2, 0) is 4.74 Å². The molecule has 0 aromatic heterocycles. The Bertz CT molecular complexity index is 110. The fourth-order valence-corrected chi connectivity index (χ4v) is 0.743. The summed E-state index contributed by atoms with van der Waals surface area (Å²) in [6.45, 7) is 5.23. The van der Waals surface area contributed by atoms with E-state index in [2.05, 4.69) is 0 Å². The van der Waals surface area contributed by atoms with Crippen molar-refractivity contribution in [2.45, 2.75) is 45.0 Å². The van der Waals surface area contributed by atoms with Gasteiger partial charge in [0.2, 0.25) is 0 Å². The first-order valence-corrected chi connectivity index (χ1v) is 3.81. The second-order valence-electron chi connectivity index (χ2n) is 3.41. The molecular formula is C8H18O3. The van der Waals surface area contributed by atoms with Crippen molar-refractivity contribution in [3.63, 3.8) is 0 Å². The first kappa shape index (κ1) is 10.9. The van der Waals surface area contributed by atoms with Crippen molar-refractivity contribution < 1.29 is 14.9 Å². The van der Waals surface area contributed by atoms with E-state index in [0.29, 0.717) is 6.42 Å². The zero-order valence-corrected chi connectivity index (χ0v) is 7.66. The summed E-state index contributed by atoms with van der Waals surface area (Å²) in [6, 6.07) is 0. The van der Waals surface area contributed by atoms with Crippen LogP contribution in [0, 0.1) is 0 Å². The van der Waals surface area contributed by atoms with Gasteiger partial charge in [-0.05, 0) is 20.8 Å². The molecule has 0 rings (SSSR count). The van der Waals surface area contributed by atoms with Crippen molar-refractivity contribution in [3.8, 4) is 0 Å². The first-order chi connectivity index (χ1) is 4.90. The number of rotatable bonds is 4. The van der Waals surface area contributed by atoms with E-state index in [1.807, 2.05) is 0 Å². The minimum atomic E-state index is -0.618. The van der Waals surface area contributed by atoms with Gasteiger partial charge >= 0.3 is 0 Å². The third-order valence-corrected chi connectivity index (χ3v) is 1.89. The van der Waals surface area contributed by atoms with Gasteiger partial charge in [0.25, 0.3) is 0 Å². The van der Waals surface area contributed by atoms with E-state index < -0.39 is 17.8 Å². The van der Waals surface area contributed by atoms with Crippen LogP contribution in [0.1, 0.15) is 27.2 Å². The van der Waals surface area contributed by atoms with Crippen LogP contribution in [0.25, 0.3) is 0 Å². The SMILES string of the molecule is COC(C)(C)C(O)CC(C)O. The highest BCUT2D eigenvalue weighted by molar-refractivity contribution is 4.79. The molecule has 0 amide bonds. The minimum absolute atomic E-state index is 0.348. The average Bonchev–Trinajstić information content (AvgIpc) is 1.86. The standard InChI is InChI=1S/C8H18O3/c1-6(9)5-7(10)8(2,3)11-4/h6-7,9-10H,5H2,1-4H3. The first-order valence-electron chi connectivity index (χ1n) is 3.81. The van der Waals surface area contributed by atoms with Crippen LogP contribution < -0.4 is 0 Å². The monoisotopic (exact) mass is 162 g/mol. The van der Waals surface area contributed by atoms with E-state index in [4.69, 9.17) is 9.84 Å². The molecule has 0 heterocycles. The summed E-state index contributed by atoms with van der Waals surface area (Å²) in [5.74, 6) is 0. The van der Waals surface area contributed by atoms with Crippen LogP contribution in [-0.4, -0.2) is 35.1 Å². The van der Waals surface area contributed by atoms with Crippen LogP contribution in [0.4, 0.5) is 0 Å². The summed E-state index contributed by atoms with van der Waals surface area (Å²) in [5, 5.41) is 18.4. The van der Waals surface area contributed by atoms with E-state index in [-0.39, 0.29) is 0 Å². The third kappa shape index (κ3) is 3.70. The van der Waals surface area contributed by atoms with Crippen molar-refractivity contribution >= 4 is 0 Å². The zero-order chi connectivity index (χ0) is 9.07. The topological polar surface area (TPSA) is 49.7 Å². The number of aliphatic hydroxyl groups is 2. The Morgan fingerprint density at radius 1 is 1.36 bits per heavy atom. The predicted molar refractivity (Wildman–Crippen MR) is 43.4 cm³/mol. The highest BCUT2D eigenvalue weighted by atomic mass is 16.5. The summed E-state index contributed by atoms with van der Waals surface area (Å²) in [4.78, 5) is 0. The Kier molecular flexibility index (Phi) is 4.00. The van der Waals surface area contributed by atoms with Gasteiger partial charge in [0.15, 0.2) is 0 Å². The van der Waals surface area contributed by atoms with Gasteiger partial charge < -0.3 is 14.9 Å². The molecule has 0 bridgehead atoms. The molecule has 2 N–H and O–H groups in total. The number of ether oxygens (including phenoxy) is 1. The van der Waals surface area contributed by atoms with E-state index >= 15 is 0 Å². The third-order valence-electron chi connectivity index (χ3n) is 1.89. The molecule has 0 aliphatic rings. The molecule has 0 aromatic carbocycles. The smallest absolute Gasteiger partial charge is 0.0881 e. The largest absolute Gasteiger partial charge is 0.393 e. The van der Waals surface area contributed by atoms with Crippen molar-refractivity contribution in [2.75, 3.05) is 7.11 Å². The lowest BCUT2D eigenvalue weighted by Gasteiger charge is -2.29. The summed E-state index contributed by atoms with van der Waals surface area (Å²) in [5.41, 5.74) is -0.572. The molecule has 0 aliphatic carbocycles. The summed E-state index contributed by atoms with van der Waals surface area (Å²) in [6.07, 6.45) is -0.757. The van der Waals surface area contributed by atoms with Crippen LogP contribution in [0.2, 0.25) is 0 Å². The predicted octanol–water partition coefficient (Wildman–Crippen LogP) is 0.543. The van der Waals surface area contributed by atoms with Gasteiger partial charge in [-0.3, -0.25) is 0 Å². The second kappa shape index (κ2) is 4.04. The molecule has 68 valence electrons. The molecule has 11 heavy (non-hydrogen) atoms. The lowest BCUT2D eigenvalue weighted by Crippen LogP contribution is -2.39. The zero-order valence-electron chi connectivity index (χ0n) is 7.66. The van der Waals surface area contributed by atoms with Gasteiger partial charge in [-0.15, -0.1) is 0 Å². The van der Waals surface area contributed by atoms with E-state index in [1.54, 1.807) is 27.9 Å². The summed E-state index contributed by atoms with van der Waals surface area (Å²) < 4.78 is 5.04. The number of aliphatic hydroxyl groups excluding tert-OH is 2. The molecule has 0 fully saturated rings. The van der Waals surface area contributed by atoms with Crippen LogP contribution >= 0.6 is 0 Å². The molecule has 0 saturated heterocycles. The fraction of sp³-hybridized carbons (Fsp3) is 1.00. The fourth-order valence-electron chi connectivity index (χ4n) is 0.743. The quantitative estimate of drug-likeness (QED) is 0.634. The maximum absolute atomic E-state index is 9.46. The van der Waals surface area contributed by atoms with Crippen LogP contribution in [0.15, 0.2) is 0 Å². The number of hydrogen-bond donors (Lipinski definition) is 2. The van der Waals surface area contributed by atoms with Gasteiger partial charge in [-0.1, -0.05) is 0 Å². The second-order valence-corrected chi connectivity index (χ2v) is 3.41. The number of methoxy groups -OCH3 is 1. The Morgan fingerprint density at radius 3 is 2.09 bits per heavy atom. The Balaban J connectivity index is 3.90. The van der Waals surface area contributed by atoms with Crippen molar-refractivity contribution in [3.05, 3.63) is 0 Å². The van der Waals surface area contributed by atoms with Crippen molar-refractivity contribution in [1.82, 2.24) is 0 Å². The maximum Gasteiger partial charge on any atom is 0.0881 e.